The molecule has 0 spiro atoms. The number of rotatable bonds is 10. The van der Waals surface area contributed by atoms with Crippen LogP contribution in [0.15, 0.2) is 46.8 Å². The summed E-state index contributed by atoms with van der Waals surface area (Å²) in [5, 5.41) is 12.9. The van der Waals surface area contributed by atoms with Crippen molar-refractivity contribution in [2.75, 3.05) is 19.8 Å². The van der Waals surface area contributed by atoms with E-state index in [0.717, 1.165) is 0 Å². The van der Waals surface area contributed by atoms with Crippen molar-refractivity contribution < 1.29 is 33.7 Å². The number of hydrogen-bond acceptors (Lipinski definition) is 7. The van der Waals surface area contributed by atoms with E-state index in [4.69, 9.17) is 14.2 Å². The van der Waals surface area contributed by atoms with Crippen LogP contribution in [0.25, 0.3) is 0 Å². The zero-order valence-electron chi connectivity index (χ0n) is 18.3. The average Bonchev–Trinajstić information content (AvgIpc) is 2.73. The van der Waals surface area contributed by atoms with E-state index in [1.165, 1.54) is 0 Å². The molecule has 8 heteroatoms. The number of allylic oxidation sites excluding steroid dienone is 2. The molecule has 0 radical (unpaired) electrons. The van der Waals surface area contributed by atoms with Crippen molar-refractivity contribution in [3.8, 4) is 5.75 Å². The van der Waals surface area contributed by atoms with Crippen LogP contribution < -0.4 is 10.1 Å². The van der Waals surface area contributed by atoms with E-state index in [-0.39, 0.29) is 24.4 Å². The van der Waals surface area contributed by atoms with E-state index in [1.54, 1.807) is 38.1 Å². The molecule has 168 valence electrons. The first-order valence-corrected chi connectivity index (χ1v) is 10.3. The summed E-state index contributed by atoms with van der Waals surface area (Å²) in [5.74, 6) is -2.92. The number of carbonyl (C=O) groups excluding carboxylic acids is 2. The van der Waals surface area contributed by atoms with Crippen LogP contribution in [0.4, 0.5) is 0 Å². The third-order valence-corrected chi connectivity index (χ3v) is 4.69. The van der Waals surface area contributed by atoms with Gasteiger partial charge >= 0.3 is 17.9 Å². The zero-order valence-corrected chi connectivity index (χ0v) is 18.3. The normalized spacial score (nSPS) is 15.9. The van der Waals surface area contributed by atoms with Gasteiger partial charge in [-0.15, -0.1) is 0 Å². The summed E-state index contributed by atoms with van der Waals surface area (Å²) in [7, 11) is 0. The Kier molecular flexibility index (Phi) is 8.66. The smallest absolute Gasteiger partial charge is 0.344 e. The highest BCUT2D eigenvalue weighted by atomic mass is 16.6. The highest BCUT2D eigenvalue weighted by Crippen LogP contribution is 2.42. The van der Waals surface area contributed by atoms with Gasteiger partial charge in [0.1, 0.15) is 5.75 Å². The Balaban J connectivity index is 2.49. The fourth-order valence-electron chi connectivity index (χ4n) is 3.38. The minimum atomic E-state index is -1.17. The second-order valence-electron chi connectivity index (χ2n) is 7.12. The number of benzene rings is 1. The first kappa shape index (κ1) is 24.0. The van der Waals surface area contributed by atoms with Crippen LogP contribution in [0.2, 0.25) is 0 Å². The van der Waals surface area contributed by atoms with Crippen LogP contribution in [0, 0.1) is 0 Å². The molecule has 2 rings (SSSR count). The molecule has 1 atom stereocenters. The zero-order chi connectivity index (χ0) is 23.0. The quantitative estimate of drug-likeness (QED) is 0.543. The van der Waals surface area contributed by atoms with Gasteiger partial charge in [-0.05, 0) is 32.8 Å². The summed E-state index contributed by atoms with van der Waals surface area (Å²) in [6.45, 7) is 7.27. The van der Waals surface area contributed by atoms with E-state index in [1.807, 2.05) is 13.8 Å². The fraction of sp³-hybridized carbons (Fsp3) is 0.435. The molecule has 1 unspecified atom stereocenters. The maximum atomic E-state index is 12.9. The van der Waals surface area contributed by atoms with Crippen LogP contribution >= 0.6 is 0 Å². The van der Waals surface area contributed by atoms with Gasteiger partial charge in [-0.2, -0.15) is 0 Å². The lowest BCUT2D eigenvalue weighted by atomic mass is 9.80. The van der Waals surface area contributed by atoms with Gasteiger partial charge in [0, 0.05) is 17.0 Å². The minimum Gasteiger partial charge on any atom is -0.482 e. The summed E-state index contributed by atoms with van der Waals surface area (Å²) in [5.41, 5.74) is 1.58. The molecule has 31 heavy (non-hydrogen) atoms. The lowest BCUT2D eigenvalue weighted by Gasteiger charge is -2.30. The van der Waals surface area contributed by atoms with Crippen molar-refractivity contribution >= 4 is 17.9 Å². The van der Waals surface area contributed by atoms with Crippen LogP contribution in [0.1, 0.15) is 52.0 Å². The maximum absolute atomic E-state index is 12.9. The topological polar surface area (TPSA) is 111 Å². The number of para-hydroxylation sites is 1. The highest BCUT2D eigenvalue weighted by molar-refractivity contribution is 5.99. The summed E-state index contributed by atoms with van der Waals surface area (Å²) in [4.78, 5) is 36.9. The Bertz CT molecular complexity index is 901. The Labute approximate surface area is 181 Å². The monoisotopic (exact) mass is 431 g/mol. The first-order chi connectivity index (χ1) is 14.8. The predicted octanol–water partition coefficient (Wildman–Crippen LogP) is 3.29. The van der Waals surface area contributed by atoms with Gasteiger partial charge in [0.05, 0.1) is 30.3 Å². The first-order valence-electron chi connectivity index (χ1n) is 10.3. The van der Waals surface area contributed by atoms with Gasteiger partial charge in [-0.1, -0.05) is 32.0 Å². The minimum absolute atomic E-state index is 0.0126. The fourth-order valence-corrected chi connectivity index (χ4v) is 3.38. The van der Waals surface area contributed by atoms with Gasteiger partial charge in [0.25, 0.3) is 0 Å². The third kappa shape index (κ3) is 5.87. The number of carboxylic acid groups (broad SMARTS) is 1. The van der Waals surface area contributed by atoms with Crippen molar-refractivity contribution in [1.29, 1.82) is 0 Å². The standard InChI is InChI=1S/C23H29NO7/c1-5-11-29-18(25)13-31-17-10-8-7-9-16(17)21-19(22(26)27)14(3)24-15(4)20(21)23(28)30-12-6-2/h7-10,21,24H,5-6,11-13H2,1-4H3,(H,26,27). The number of dihydropyridines is 1. The number of carboxylic acids is 1. The largest absolute Gasteiger partial charge is 0.482 e. The van der Waals surface area contributed by atoms with E-state index in [9.17, 15) is 19.5 Å². The molecule has 0 aliphatic carbocycles. The SMILES string of the molecule is CCCOC(=O)COc1ccccc1C1C(C(=O)O)=C(C)NC(C)=C1C(=O)OCCC. The molecule has 0 bridgehead atoms. The molecule has 1 aliphatic heterocycles. The van der Waals surface area contributed by atoms with Gasteiger partial charge in [0.2, 0.25) is 0 Å². The van der Waals surface area contributed by atoms with E-state index in [0.29, 0.717) is 42.2 Å². The van der Waals surface area contributed by atoms with Gasteiger partial charge in [-0.3, -0.25) is 0 Å². The number of aliphatic carboxylic acids is 1. The number of carbonyl (C=O) groups is 3. The molecule has 0 aromatic heterocycles. The van der Waals surface area contributed by atoms with E-state index < -0.39 is 23.8 Å². The number of nitrogens with one attached hydrogen (secondary N) is 1. The van der Waals surface area contributed by atoms with Crippen molar-refractivity contribution in [1.82, 2.24) is 5.32 Å². The van der Waals surface area contributed by atoms with Crippen molar-refractivity contribution in [3.05, 3.63) is 52.4 Å². The summed E-state index contributed by atoms with van der Waals surface area (Å²) >= 11 is 0. The average molecular weight is 431 g/mol. The number of ether oxygens (including phenoxy) is 3. The molecular weight excluding hydrogens is 402 g/mol. The highest BCUT2D eigenvalue weighted by Gasteiger charge is 2.38. The number of esters is 2. The van der Waals surface area contributed by atoms with Crippen LogP contribution in [0.5, 0.6) is 5.75 Å². The molecule has 1 aromatic rings. The molecule has 0 amide bonds. The molecule has 0 fully saturated rings. The van der Waals surface area contributed by atoms with Crippen LogP contribution in [-0.4, -0.2) is 42.8 Å². The number of hydrogen-bond donors (Lipinski definition) is 2. The third-order valence-electron chi connectivity index (χ3n) is 4.69. The van der Waals surface area contributed by atoms with Crippen molar-refractivity contribution in [2.24, 2.45) is 0 Å². The molecule has 2 N–H and O–H groups in total. The van der Waals surface area contributed by atoms with Crippen molar-refractivity contribution in [3.63, 3.8) is 0 Å². The molecular formula is C23H29NO7. The Morgan fingerprint density at radius 3 is 2.23 bits per heavy atom. The predicted molar refractivity (Wildman–Crippen MR) is 113 cm³/mol. The molecule has 1 heterocycles. The van der Waals surface area contributed by atoms with Gasteiger partial charge in [-0.25, -0.2) is 14.4 Å². The maximum Gasteiger partial charge on any atom is 0.344 e. The molecule has 8 nitrogen and oxygen atoms in total. The molecule has 0 saturated heterocycles. The Morgan fingerprint density at radius 1 is 0.968 bits per heavy atom. The van der Waals surface area contributed by atoms with E-state index >= 15 is 0 Å². The Morgan fingerprint density at radius 2 is 1.58 bits per heavy atom. The van der Waals surface area contributed by atoms with Crippen molar-refractivity contribution in [2.45, 2.75) is 46.5 Å². The summed E-state index contributed by atoms with van der Waals surface area (Å²) in [6, 6.07) is 6.74. The summed E-state index contributed by atoms with van der Waals surface area (Å²) in [6.07, 6.45) is 1.33. The molecule has 0 saturated carbocycles. The Hall–Kier alpha value is -3.29. The second-order valence-corrected chi connectivity index (χ2v) is 7.12. The molecule has 1 aromatic carbocycles. The lowest BCUT2D eigenvalue weighted by Crippen LogP contribution is -2.32. The van der Waals surface area contributed by atoms with Crippen LogP contribution in [0.3, 0.4) is 0 Å². The van der Waals surface area contributed by atoms with Crippen LogP contribution in [-0.2, 0) is 23.9 Å². The second kappa shape index (κ2) is 11.2. The lowest BCUT2D eigenvalue weighted by molar-refractivity contribution is -0.146. The molecule has 1 aliphatic rings. The van der Waals surface area contributed by atoms with E-state index in [2.05, 4.69) is 5.32 Å². The van der Waals surface area contributed by atoms with Gasteiger partial charge in [0.15, 0.2) is 6.61 Å². The summed E-state index contributed by atoms with van der Waals surface area (Å²) < 4.78 is 16.0. The van der Waals surface area contributed by atoms with Gasteiger partial charge < -0.3 is 24.6 Å².